The minimum atomic E-state index is -0.104. The Labute approximate surface area is 120 Å². The Hall–Kier alpha value is -1.32. The average Bonchev–Trinajstić information content (AvgIpc) is 2.91. The maximum atomic E-state index is 6.53. The summed E-state index contributed by atoms with van der Waals surface area (Å²) in [5.41, 5.74) is 7.38. The lowest BCUT2D eigenvalue weighted by Crippen LogP contribution is -2.52. The first-order chi connectivity index (χ1) is 9.59. The Balaban J connectivity index is 1.87. The van der Waals surface area contributed by atoms with Crippen LogP contribution in [0.5, 0.6) is 0 Å². The first-order valence-corrected chi connectivity index (χ1v) is 7.58. The molecule has 3 rings (SSSR count). The van der Waals surface area contributed by atoms with Gasteiger partial charge in [-0.15, -0.1) is 0 Å². The second kappa shape index (κ2) is 5.23. The van der Waals surface area contributed by atoms with E-state index in [1.807, 2.05) is 18.2 Å². The number of nitrogens with two attached hydrogens (primary N) is 1. The first-order valence-electron chi connectivity index (χ1n) is 7.58. The van der Waals surface area contributed by atoms with Crippen molar-refractivity contribution < 1.29 is 4.42 Å². The molecule has 3 nitrogen and oxygen atoms in total. The lowest BCUT2D eigenvalue weighted by molar-refractivity contribution is 0.0671. The molecular formula is C17H24N2O. The van der Waals surface area contributed by atoms with Gasteiger partial charge in [0.05, 0.1) is 6.04 Å². The zero-order valence-electron chi connectivity index (χ0n) is 12.4. The molecule has 108 valence electrons. The molecule has 1 aliphatic rings. The lowest BCUT2D eigenvalue weighted by atomic mass is 9.89. The van der Waals surface area contributed by atoms with Crippen molar-refractivity contribution in [3.8, 4) is 0 Å². The maximum Gasteiger partial charge on any atom is 0.134 e. The molecule has 1 aliphatic heterocycles. The Morgan fingerprint density at radius 3 is 2.55 bits per heavy atom. The Morgan fingerprint density at radius 1 is 1.15 bits per heavy atom. The van der Waals surface area contributed by atoms with Gasteiger partial charge in [0, 0.05) is 10.9 Å². The molecule has 0 saturated carbocycles. The fourth-order valence-electron chi connectivity index (χ4n) is 3.17. The fraction of sp³-hybridized carbons (Fsp3) is 0.529. The summed E-state index contributed by atoms with van der Waals surface area (Å²) >= 11 is 0. The molecule has 20 heavy (non-hydrogen) atoms. The van der Waals surface area contributed by atoms with Gasteiger partial charge in [-0.05, 0) is 51.9 Å². The van der Waals surface area contributed by atoms with Gasteiger partial charge < -0.3 is 10.2 Å². The number of nitrogens with zero attached hydrogens (tertiary/aromatic N) is 1. The highest BCUT2D eigenvalue weighted by atomic mass is 16.3. The van der Waals surface area contributed by atoms with E-state index in [4.69, 9.17) is 10.2 Å². The molecule has 0 radical (unpaired) electrons. The van der Waals surface area contributed by atoms with Gasteiger partial charge in [-0.2, -0.15) is 0 Å². The standard InChI is InChI=1S/C17H24N2O/c1-17(2,19-10-6-3-7-11-19)16(18)15-12-13-8-4-5-9-14(13)20-15/h4-5,8-9,12,16H,3,6-7,10-11,18H2,1-2H3. The molecule has 1 atom stereocenters. The fourth-order valence-corrected chi connectivity index (χ4v) is 3.17. The van der Waals surface area contributed by atoms with Crippen LogP contribution in [0.1, 0.15) is 44.9 Å². The number of hydrogen-bond acceptors (Lipinski definition) is 3. The van der Waals surface area contributed by atoms with Gasteiger partial charge in [-0.3, -0.25) is 4.90 Å². The van der Waals surface area contributed by atoms with Gasteiger partial charge in [0.15, 0.2) is 0 Å². The smallest absolute Gasteiger partial charge is 0.134 e. The molecule has 2 N–H and O–H groups in total. The van der Waals surface area contributed by atoms with Crippen LogP contribution >= 0.6 is 0 Å². The van der Waals surface area contributed by atoms with E-state index in [0.29, 0.717) is 0 Å². The monoisotopic (exact) mass is 272 g/mol. The predicted octanol–water partition coefficient (Wildman–Crippen LogP) is 3.70. The summed E-state index contributed by atoms with van der Waals surface area (Å²) in [4.78, 5) is 2.51. The van der Waals surface area contributed by atoms with Crippen LogP contribution in [0.4, 0.5) is 0 Å². The van der Waals surface area contributed by atoms with Gasteiger partial charge in [-0.25, -0.2) is 0 Å². The van der Waals surface area contributed by atoms with Crippen molar-refractivity contribution in [1.82, 2.24) is 4.90 Å². The molecule has 1 aromatic heterocycles. The third-order valence-corrected chi connectivity index (χ3v) is 4.68. The quantitative estimate of drug-likeness (QED) is 0.926. The highest BCUT2D eigenvalue weighted by Gasteiger charge is 2.36. The summed E-state index contributed by atoms with van der Waals surface area (Å²) < 4.78 is 5.96. The summed E-state index contributed by atoms with van der Waals surface area (Å²) in [5, 5.41) is 1.13. The molecule has 1 saturated heterocycles. The average molecular weight is 272 g/mol. The van der Waals surface area contributed by atoms with Gasteiger partial charge in [0.2, 0.25) is 0 Å². The molecule has 2 heterocycles. The zero-order valence-corrected chi connectivity index (χ0v) is 12.4. The van der Waals surface area contributed by atoms with Gasteiger partial charge in [0.25, 0.3) is 0 Å². The molecule has 0 amide bonds. The van der Waals surface area contributed by atoms with Crippen molar-refractivity contribution in [3.05, 3.63) is 36.1 Å². The van der Waals surface area contributed by atoms with Crippen LogP contribution in [0.2, 0.25) is 0 Å². The molecule has 1 fully saturated rings. The predicted molar refractivity (Wildman–Crippen MR) is 82.6 cm³/mol. The first kappa shape index (κ1) is 13.7. The molecular weight excluding hydrogens is 248 g/mol. The number of benzene rings is 1. The number of fused-ring (bicyclic) bond motifs is 1. The molecule has 1 aromatic carbocycles. The second-order valence-electron chi connectivity index (χ2n) is 6.37. The number of furan rings is 1. The van der Waals surface area contributed by atoms with E-state index in [-0.39, 0.29) is 11.6 Å². The summed E-state index contributed by atoms with van der Waals surface area (Å²) in [6, 6.07) is 10.1. The molecule has 3 heteroatoms. The van der Waals surface area contributed by atoms with Crippen LogP contribution in [-0.4, -0.2) is 23.5 Å². The van der Waals surface area contributed by atoms with Crippen molar-refractivity contribution in [2.24, 2.45) is 5.73 Å². The third kappa shape index (κ3) is 2.36. The van der Waals surface area contributed by atoms with Gasteiger partial charge in [0.1, 0.15) is 11.3 Å². The van der Waals surface area contributed by atoms with Crippen molar-refractivity contribution in [2.75, 3.05) is 13.1 Å². The van der Waals surface area contributed by atoms with E-state index in [0.717, 1.165) is 29.8 Å². The number of rotatable bonds is 3. The number of hydrogen-bond donors (Lipinski definition) is 1. The van der Waals surface area contributed by atoms with Gasteiger partial charge in [-0.1, -0.05) is 24.6 Å². The van der Waals surface area contributed by atoms with E-state index >= 15 is 0 Å². The third-order valence-electron chi connectivity index (χ3n) is 4.68. The maximum absolute atomic E-state index is 6.53. The van der Waals surface area contributed by atoms with E-state index < -0.39 is 0 Å². The molecule has 1 unspecified atom stereocenters. The SMILES string of the molecule is CC(C)(C(N)c1cc2ccccc2o1)N1CCCCC1. The van der Waals surface area contributed by atoms with Crippen molar-refractivity contribution in [1.29, 1.82) is 0 Å². The highest BCUT2D eigenvalue weighted by Crippen LogP contribution is 2.33. The van der Waals surface area contributed by atoms with Crippen LogP contribution in [0.15, 0.2) is 34.7 Å². The summed E-state index contributed by atoms with van der Waals surface area (Å²) in [5.74, 6) is 0.891. The lowest BCUT2D eigenvalue weighted by Gasteiger charge is -2.43. The van der Waals surface area contributed by atoms with Gasteiger partial charge >= 0.3 is 0 Å². The van der Waals surface area contributed by atoms with Crippen LogP contribution in [0.3, 0.4) is 0 Å². The molecule has 0 bridgehead atoms. The normalized spacial score (nSPS) is 19.4. The van der Waals surface area contributed by atoms with Crippen molar-refractivity contribution in [3.63, 3.8) is 0 Å². The Bertz CT molecular complexity index is 548. The zero-order chi connectivity index (χ0) is 14.2. The van der Waals surface area contributed by atoms with E-state index in [1.54, 1.807) is 0 Å². The summed E-state index contributed by atoms with van der Waals surface area (Å²) in [7, 11) is 0. The van der Waals surface area contributed by atoms with Crippen LogP contribution < -0.4 is 5.73 Å². The van der Waals surface area contributed by atoms with Crippen LogP contribution in [0, 0.1) is 0 Å². The molecule has 2 aromatic rings. The number of likely N-dealkylation sites (tertiary alicyclic amines) is 1. The summed E-state index contributed by atoms with van der Waals surface area (Å²) in [6.45, 7) is 6.74. The molecule has 0 spiro atoms. The minimum absolute atomic E-state index is 0.0751. The Kier molecular flexibility index (Phi) is 3.57. The van der Waals surface area contributed by atoms with Crippen LogP contribution in [0.25, 0.3) is 11.0 Å². The van der Waals surface area contributed by atoms with E-state index in [1.165, 1.54) is 19.3 Å². The minimum Gasteiger partial charge on any atom is -0.459 e. The second-order valence-corrected chi connectivity index (χ2v) is 6.37. The topological polar surface area (TPSA) is 42.4 Å². The van der Waals surface area contributed by atoms with E-state index in [9.17, 15) is 0 Å². The Morgan fingerprint density at radius 2 is 1.85 bits per heavy atom. The van der Waals surface area contributed by atoms with Crippen molar-refractivity contribution >= 4 is 11.0 Å². The van der Waals surface area contributed by atoms with E-state index in [2.05, 4.69) is 30.9 Å². The number of piperidine rings is 1. The molecule has 0 aliphatic carbocycles. The number of para-hydroxylation sites is 1. The largest absolute Gasteiger partial charge is 0.459 e. The summed E-state index contributed by atoms with van der Waals surface area (Å²) in [6.07, 6.45) is 3.89. The van der Waals surface area contributed by atoms with Crippen molar-refractivity contribution in [2.45, 2.75) is 44.7 Å². The highest BCUT2D eigenvalue weighted by molar-refractivity contribution is 5.77. The van der Waals surface area contributed by atoms with Crippen LogP contribution in [-0.2, 0) is 0 Å².